The molecule has 0 spiro atoms. The van der Waals surface area contributed by atoms with Gasteiger partial charge in [0.05, 0.1) is 27.5 Å². The van der Waals surface area contributed by atoms with Gasteiger partial charge in [0, 0.05) is 17.4 Å². The Kier molecular flexibility index (Phi) is 4.20. The summed E-state index contributed by atoms with van der Waals surface area (Å²) < 4.78 is 38.3. The highest BCUT2D eigenvalue weighted by molar-refractivity contribution is 7.90. The maximum Gasteiger partial charge on any atom is 0.175 e. The van der Waals surface area contributed by atoms with Crippen molar-refractivity contribution >= 4 is 27.1 Å². The summed E-state index contributed by atoms with van der Waals surface area (Å²) >= 11 is 5.87. The van der Waals surface area contributed by atoms with Gasteiger partial charge in [-0.3, -0.25) is 0 Å². The van der Waals surface area contributed by atoms with Crippen molar-refractivity contribution < 1.29 is 12.8 Å². The number of halogens is 2. The quantitative estimate of drug-likeness (QED) is 0.514. The average molecular weight is 402 g/mol. The maximum atomic E-state index is 13.4. The number of rotatable bonds is 3. The van der Waals surface area contributed by atoms with E-state index in [9.17, 15) is 12.8 Å². The second-order valence-electron chi connectivity index (χ2n) is 6.06. The van der Waals surface area contributed by atoms with Crippen LogP contribution in [-0.4, -0.2) is 29.3 Å². The number of benzene rings is 2. The summed E-state index contributed by atoms with van der Waals surface area (Å²) in [4.78, 5) is 4.57. The highest BCUT2D eigenvalue weighted by Gasteiger charge is 2.12. The molecule has 0 aliphatic rings. The molecule has 0 fully saturated rings. The molecule has 2 heterocycles. The third-order valence-electron chi connectivity index (χ3n) is 4.16. The predicted molar refractivity (Wildman–Crippen MR) is 102 cm³/mol. The number of sulfone groups is 1. The van der Waals surface area contributed by atoms with Gasteiger partial charge < -0.3 is 0 Å². The van der Waals surface area contributed by atoms with E-state index in [4.69, 9.17) is 11.6 Å². The standard InChI is InChI=1S/C19H13ClFN3O2S/c1-27(25,26)14-5-2-12(3-6-14)18-11-22-19-9-8-17(23-24(18)19)13-4-7-16(21)15(20)10-13/h2-11H,1H3. The first kappa shape index (κ1) is 17.6. The van der Waals surface area contributed by atoms with Gasteiger partial charge >= 0.3 is 0 Å². The monoisotopic (exact) mass is 401 g/mol. The minimum Gasteiger partial charge on any atom is -0.235 e. The summed E-state index contributed by atoms with van der Waals surface area (Å²) in [7, 11) is -3.26. The molecule has 0 aliphatic carbocycles. The Morgan fingerprint density at radius 1 is 1.00 bits per heavy atom. The zero-order valence-electron chi connectivity index (χ0n) is 14.1. The van der Waals surface area contributed by atoms with Gasteiger partial charge in [-0.2, -0.15) is 5.10 Å². The Hall–Kier alpha value is -2.77. The number of nitrogens with zero attached hydrogens (tertiary/aromatic N) is 3. The first-order valence-electron chi connectivity index (χ1n) is 7.94. The van der Waals surface area contributed by atoms with E-state index in [0.717, 1.165) is 11.8 Å². The van der Waals surface area contributed by atoms with Crippen LogP contribution >= 0.6 is 11.6 Å². The Morgan fingerprint density at radius 3 is 2.37 bits per heavy atom. The number of hydrogen-bond acceptors (Lipinski definition) is 4. The fourth-order valence-corrected chi connectivity index (χ4v) is 3.56. The lowest BCUT2D eigenvalue weighted by molar-refractivity contribution is 0.602. The van der Waals surface area contributed by atoms with Crippen LogP contribution in [0.2, 0.25) is 5.02 Å². The molecule has 0 amide bonds. The SMILES string of the molecule is CS(=O)(=O)c1ccc(-c2cnc3ccc(-c4ccc(F)c(Cl)c4)nn23)cc1. The predicted octanol–water partition coefficient (Wildman–Crippen LogP) is 4.26. The van der Waals surface area contributed by atoms with E-state index in [1.54, 1.807) is 53.2 Å². The lowest BCUT2D eigenvalue weighted by Crippen LogP contribution is -1.98. The van der Waals surface area contributed by atoms with Gasteiger partial charge in [-0.05, 0) is 42.5 Å². The minimum absolute atomic E-state index is 0.0246. The van der Waals surface area contributed by atoms with Crippen LogP contribution < -0.4 is 0 Å². The molecule has 0 atom stereocenters. The second kappa shape index (κ2) is 6.44. The van der Waals surface area contributed by atoms with Crippen LogP contribution in [0.4, 0.5) is 4.39 Å². The minimum atomic E-state index is -3.26. The molecule has 5 nitrogen and oxygen atoms in total. The first-order chi connectivity index (χ1) is 12.8. The van der Waals surface area contributed by atoms with E-state index in [2.05, 4.69) is 10.1 Å². The summed E-state index contributed by atoms with van der Waals surface area (Å²) in [5, 5.41) is 4.60. The van der Waals surface area contributed by atoms with Crippen molar-refractivity contribution in [1.29, 1.82) is 0 Å². The molecule has 0 unspecified atom stereocenters. The average Bonchev–Trinajstić information content (AvgIpc) is 3.06. The molecule has 0 radical (unpaired) electrons. The number of aromatic nitrogens is 3. The van der Waals surface area contributed by atoms with E-state index < -0.39 is 15.7 Å². The van der Waals surface area contributed by atoms with Crippen molar-refractivity contribution in [2.45, 2.75) is 4.90 Å². The highest BCUT2D eigenvalue weighted by atomic mass is 35.5. The molecule has 4 rings (SSSR count). The molecule has 2 aromatic heterocycles. The topological polar surface area (TPSA) is 64.3 Å². The molecule has 0 aliphatic heterocycles. The Labute approximate surface area is 160 Å². The van der Waals surface area contributed by atoms with Gasteiger partial charge in [-0.15, -0.1) is 0 Å². The third-order valence-corrected chi connectivity index (χ3v) is 5.57. The molecule has 8 heteroatoms. The van der Waals surface area contributed by atoms with Crippen molar-refractivity contribution in [3.05, 3.63) is 71.6 Å². The molecule has 136 valence electrons. The van der Waals surface area contributed by atoms with Gasteiger partial charge in [-0.1, -0.05) is 23.7 Å². The van der Waals surface area contributed by atoms with Crippen molar-refractivity contribution in [3.8, 4) is 22.5 Å². The van der Waals surface area contributed by atoms with Crippen LogP contribution in [0, 0.1) is 5.82 Å². The molecule has 0 saturated heterocycles. The lowest BCUT2D eigenvalue weighted by Gasteiger charge is -2.06. The van der Waals surface area contributed by atoms with Gasteiger partial charge in [-0.25, -0.2) is 22.3 Å². The summed E-state index contributed by atoms with van der Waals surface area (Å²) in [6, 6.07) is 14.5. The maximum absolute atomic E-state index is 13.4. The smallest absolute Gasteiger partial charge is 0.175 e. The Balaban J connectivity index is 1.82. The van der Waals surface area contributed by atoms with Crippen LogP contribution in [0.3, 0.4) is 0 Å². The molecule has 0 N–H and O–H groups in total. The molecule has 4 aromatic rings. The number of fused-ring (bicyclic) bond motifs is 1. The normalized spacial score (nSPS) is 11.8. The molecule has 2 aromatic carbocycles. The first-order valence-corrected chi connectivity index (χ1v) is 10.2. The van der Waals surface area contributed by atoms with Gasteiger partial charge in [0.15, 0.2) is 15.5 Å². The van der Waals surface area contributed by atoms with E-state index in [0.29, 0.717) is 22.6 Å². The van der Waals surface area contributed by atoms with Crippen LogP contribution in [0.25, 0.3) is 28.2 Å². The van der Waals surface area contributed by atoms with Crippen molar-refractivity contribution in [1.82, 2.24) is 14.6 Å². The van der Waals surface area contributed by atoms with E-state index in [1.807, 2.05) is 0 Å². The van der Waals surface area contributed by atoms with E-state index >= 15 is 0 Å². The highest BCUT2D eigenvalue weighted by Crippen LogP contribution is 2.26. The van der Waals surface area contributed by atoms with Crippen molar-refractivity contribution in [2.24, 2.45) is 0 Å². The largest absolute Gasteiger partial charge is 0.235 e. The van der Waals surface area contributed by atoms with Gasteiger partial charge in [0.1, 0.15) is 5.82 Å². The van der Waals surface area contributed by atoms with Crippen molar-refractivity contribution in [2.75, 3.05) is 6.26 Å². The van der Waals surface area contributed by atoms with E-state index in [-0.39, 0.29) is 9.92 Å². The lowest BCUT2D eigenvalue weighted by atomic mass is 10.1. The molecular formula is C19H13ClFN3O2S. The second-order valence-corrected chi connectivity index (χ2v) is 8.48. The van der Waals surface area contributed by atoms with Crippen LogP contribution in [-0.2, 0) is 9.84 Å². The summed E-state index contributed by atoms with van der Waals surface area (Å²) in [5.74, 6) is -0.490. The summed E-state index contributed by atoms with van der Waals surface area (Å²) in [5.41, 5.74) is 3.40. The van der Waals surface area contributed by atoms with Gasteiger partial charge in [0.25, 0.3) is 0 Å². The molecule has 27 heavy (non-hydrogen) atoms. The van der Waals surface area contributed by atoms with Gasteiger partial charge in [0.2, 0.25) is 0 Å². The summed E-state index contributed by atoms with van der Waals surface area (Å²) in [6.07, 6.45) is 2.83. The third kappa shape index (κ3) is 3.31. The fourth-order valence-electron chi connectivity index (χ4n) is 2.75. The Bertz CT molecular complexity index is 1270. The van der Waals surface area contributed by atoms with Crippen molar-refractivity contribution in [3.63, 3.8) is 0 Å². The molecule has 0 saturated carbocycles. The van der Waals surface area contributed by atoms with Crippen LogP contribution in [0.1, 0.15) is 0 Å². The van der Waals surface area contributed by atoms with Crippen LogP contribution in [0.15, 0.2) is 65.7 Å². The Morgan fingerprint density at radius 2 is 1.70 bits per heavy atom. The van der Waals surface area contributed by atoms with E-state index in [1.165, 1.54) is 12.1 Å². The molecular weight excluding hydrogens is 389 g/mol. The number of hydrogen-bond donors (Lipinski definition) is 0. The number of imidazole rings is 1. The zero-order chi connectivity index (χ0) is 19.2. The van der Waals surface area contributed by atoms with Crippen LogP contribution in [0.5, 0.6) is 0 Å². The molecule has 0 bridgehead atoms. The summed E-state index contributed by atoms with van der Waals surface area (Å²) in [6.45, 7) is 0. The fraction of sp³-hybridized carbons (Fsp3) is 0.0526. The zero-order valence-corrected chi connectivity index (χ0v) is 15.7.